The van der Waals surface area contributed by atoms with Gasteiger partial charge < -0.3 is 10.2 Å². The number of rotatable bonds is 8. The first-order chi connectivity index (χ1) is 13.9. The Kier molecular flexibility index (Phi) is 7.35. The number of carbonyl (C=O) groups is 2. The summed E-state index contributed by atoms with van der Waals surface area (Å²) in [6, 6.07) is 0.221. The first kappa shape index (κ1) is 21.8. The van der Waals surface area contributed by atoms with Crippen LogP contribution in [-0.2, 0) is 16.1 Å². The monoisotopic (exact) mass is 421 g/mol. The van der Waals surface area contributed by atoms with Crippen LogP contribution in [0.3, 0.4) is 0 Å². The molecule has 1 aliphatic carbocycles. The van der Waals surface area contributed by atoms with E-state index < -0.39 is 0 Å². The van der Waals surface area contributed by atoms with Gasteiger partial charge in [0.05, 0.1) is 11.7 Å². The van der Waals surface area contributed by atoms with Crippen LogP contribution in [0.2, 0.25) is 5.15 Å². The molecule has 1 unspecified atom stereocenters. The van der Waals surface area contributed by atoms with Gasteiger partial charge in [-0.2, -0.15) is 5.10 Å². The summed E-state index contributed by atoms with van der Waals surface area (Å²) >= 11 is 6.44. The first-order valence-corrected chi connectivity index (χ1v) is 11.0. The average Bonchev–Trinajstić information content (AvgIpc) is 3.49. The van der Waals surface area contributed by atoms with Crippen molar-refractivity contribution in [2.24, 2.45) is 0 Å². The predicted molar refractivity (Wildman–Crippen MR) is 115 cm³/mol. The molecule has 1 aromatic heterocycles. The molecule has 1 saturated heterocycles. The van der Waals surface area contributed by atoms with Gasteiger partial charge in [-0.3, -0.25) is 19.2 Å². The van der Waals surface area contributed by atoms with E-state index >= 15 is 0 Å². The lowest BCUT2D eigenvalue weighted by molar-refractivity contribution is -0.130. The number of piperazine rings is 1. The van der Waals surface area contributed by atoms with Crippen LogP contribution in [0, 0.1) is 6.92 Å². The highest BCUT2D eigenvalue weighted by Crippen LogP contribution is 2.22. The molecule has 0 aromatic carbocycles. The molecule has 1 saturated carbocycles. The fourth-order valence-electron chi connectivity index (χ4n) is 3.52. The van der Waals surface area contributed by atoms with Crippen LogP contribution in [0.4, 0.5) is 0 Å². The Morgan fingerprint density at radius 1 is 1.28 bits per heavy atom. The van der Waals surface area contributed by atoms with Crippen LogP contribution >= 0.6 is 11.6 Å². The summed E-state index contributed by atoms with van der Waals surface area (Å²) < 4.78 is 1.80. The van der Waals surface area contributed by atoms with Gasteiger partial charge in [-0.25, -0.2) is 0 Å². The summed E-state index contributed by atoms with van der Waals surface area (Å²) in [4.78, 5) is 28.8. The molecular formula is C21H32ClN5O2. The third kappa shape index (κ3) is 5.60. The lowest BCUT2D eigenvalue weighted by Crippen LogP contribution is -2.55. The molecule has 1 aromatic rings. The van der Waals surface area contributed by atoms with Crippen LogP contribution < -0.4 is 5.32 Å². The fourth-order valence-corrected chi connectivity index (χ4v) is 3.84. The second kappa shape index (κ2) is 9.76. The third-order valence-electron chi connectivity index (χ3n) is 5.70. The van der Waals surface area contributed by atoms with Crippen molar-refractivity contribution in [2.75, 3.05) is 26.2 Å². The number of unbranched alkanes of at least 4 members (excludes halogenated alkanes) is 1. The number of amides is 2. The van der Waals surface area contributed by atoms with Gasteiger partial charge >= 0.3 is 0 Å². The molecule has 1 aliphatic heterocycles. The van der Waals surface area contributed by atoms with E-state index in [0.29, 0.717) is 37.4 Å². The molecule has 160 valence electrons. The largest absolute Gasteiger partial charge is 0.352 e. The van der Waals surface area contributed by atoms with Crippen LogP contribution in [0.15, 0.2) is 6.08 Å². The lowest BCUT2D eigenvalue weighted by atomic mass is 10.2. The molecule has 2 fully saturated rings. The van der Waals surface area contributed by atoms with Gasteiger partial charge in [0.2, 0.25) is 11.8 Å². The number of nitrogens with zero attached hydrogens (tertiary/aromatic N) is 4. The minimum absolute atomic E-state index is 0.0310. The van der Waals surface area contributed by atoms with E-state index in [0.717, 1.165) is 43.5 Å². The molecule has 29 heavy (non-hydrogen) atoms. The van der Waals surface area contributed by atoms with E-state index in [9.17, 15) is 9.59 Å². The standard InChI is InChI=1S/C21H32ClN5O2/c1-4-5-10-27-20(22)18(15(2)24-27)8-9-19(28)26-13-11-25(12-14-26)16(3)21(29)23-17-6-7-17/h8-9,16-17H,4-7,10-14H2,1-3H3,(H,23,29)/b9-8+. The maximum atomic E-state index is 12.6. The van der Waals surface area contributed by atoms with E-state index in [-0.39, 0.29) is 17.9 Å². The molecule has 2 amide bonds. The second-order valence-electron chi connectivity index (χ2n) is 8.02. The molecule has 1 atom stereocenters. The van der Waals surface area contributed by atoms with E-state index in [4.69, 9.17) is 11.6 Å². The molecule has 0 spiro atoms. The molecule has 0 bridgehead atoms. The number of hydrogen-bond donors (Lipinski definition) is 1. The highest BCUT2D eigenvalue weighted by Gasteiger charge is 2.30. The van der Waals surface area contributed by atoms with Crippen molar-refractivity contribution < 1.29 is 9.59 Å². The Labute approximate surface area is 178 Å². The van der Waals surface area contributed by atoms with Crippen molar-refractivity contribution in [2.45, 2.75) is 65.1 Å². The molecular weight excluding hydrogens is 390 g/mol. The summed E-state index contributed by atoms with van der Waals surface area (Å²) in [5.74, 6) is 0.0638. The van der Waals surface area contributed by atoms with Gasteiger partial charge in [0.1, 0.15) is 5.15 Å². The van der Waals surface area contributed by atoms with Crippen LogP contribution in [0.5, 0.6) is 0 Å². The molecule has 2 heterocycles. The Hall–Kier alpha value is -1.86. The van der Waals surface area contributed by atoms with Crippen molar-refractivity contribution >= 4 is 29.5 Å². The Morgan fingerprint density at radius 2 is 1.97 bits per heavy atom. The lowest BCUT2D eigenvalue weighted by Gasteiger charge is -2.37. The summed E-state index contributed by atoms with van der Waals surface area (Å²) in [5, 5.41) is 8.11. The third-order valence-corrected chi connectivity index (χ3v) is 6.10. The van der Waals surface area contributed by atoms with E-state index in [2.05, 4.69) is 22.2 Å². The Balaban J connectivity index is 1.52. The number of halogens is 1. The highest BCUT2D eigenvalue weighted by molar-refractivity contribution is 6.31. The topological polar surface area (TPSA) is 70.5 Å². The zero-order valence-electron chi connectivity index (χ0n) is 17.7. The zero-order valence-corrected chi connectivity index (χ0v) is 18.4. The summed E-state index contributed by atoms with van der Waals surface area (Å²) in [6.45, 7) is 9.40. The minimum Gasteiger partial charge on any atom is -0.352 e. The van der Waals surface area contributed by atoms with Crippen molar-refractivity contribution in [3.05, 3.63) is 22.5 Å². The van der Waals surface area contributed by atoms with Crippen molar-refractivity contribution in [1.29, 1.82) is 0 Å². The van der Waals surface area contributed by atoms with Gasteiger partial charge in [-0.05, 0) is 39.2 Å². The fraction of sp³-hybridized carbons (Fsp3) is 0.667. The summed E-state index contributed by atoms with van der Waals surface area (Å²) in [7, 11) is 0. The number of carbonyl (C=O) groups excluding carboxylic acids is 2. The first-order valence-electron chi connectivity index (χ1n) is 10.6. The van der Waals surface area contributed by atoms with Gasteiger partial charge in [0.25, 0.3) is 0 Å². The number of nitrogens with one attached hydrogen (secondary N) is 1. The van der Waals surface area contributed by atoms with E-state index in [1.54, 1.807) is 16.8 Å². The van der Waals surface area contributed by atoms with Gasteiger partial charge in [0.15, 0.2) is 0 Å². The molecule has 0 radical (unpaired) electrons. The SMILES string of the molecule is CCCCn1nc(C)c(/C=C/C(=O)N2CCN(C(C)C(=O)NC3CC3)CC2)c1Cl. The normalized spacial score (nSPS) is 19.0. The molecule has 1 N–H and O–H groups in total. The maximum absolute atomic E-state index is 12.6. The average molecular weight is 422 g/mol. The van der Waals surface area contributed by atoms with Crippen molar-refractivity contribution in [3.63, 3.8) is 0 Å². The van der Waals surface area contributed by atoms with Crippen LogP contribution in [0.1, 0.15) is 50.8 Å². The summed E-state index contributed by atoms with van der Waals surface area (Å²) in [6.07, 6.45) is 7.63. The van der Waals surface area contributed by atoms with Crippen LogP contribution in [0.25, 0.3) is 6.08 Å². The Bertz CT molecular complexity index is 763. The summed E-state index contributed by atoms with van der Waals surface area (Å²) in [5.41, 5.74) is 1.63. The quantitative estimate of drug-likeness (QED) is 0.654. The maximum Gasteiger partial charge on any atom is 0.246 e. The number of aryl methyl sites for hydroxylation is 2. The second-order valence-corrected chi connectivity index (χ2v) is 8.38. The number of hydrogen-bond acceptors (Lipinski definition) is 4. The zero-order chi connectivity index (χ0) is 21.0. The van der Waals surface area contributed by atoms with Crippen molar-refractivity contribution in [1.82, 2.24) is 24.9 Å². The van der Waals surface area contributed by atoms with Crippen LogP contribution in [-0.4, -0.2) is 69.7 Å². The molecule has 3 rings (SSSR count). The van der Waals surface area contributed by atoms with Gasteiger partial charge in [0, 0.05) is 50.4 Å². The molecule has 7 nitrogen and oxygen atoms in total. The smallest absolute Gasteiger partial charge is 0.246 e. The minimum atomic E-state index is -0.154. The van der Waals surface area contributed by atoms with Gasteiger partial charge in [-0.1, -0.05) is 24.9 Å². The van der Waals surface area contributed by atoms with E-state index in [1.165, 1.54) is 0 Å². The molecule has 2 aliphatic rings. The highest BCUT2D eigenvalue weighted by atomic mass is 35.5. The van der Waals surface area contributed by atoms with Crippen molar-refractivity contribution in [3.8, 4) is 0 Å². The Morgan fingerprint density at radius 3 is 2.59 bits per heavy atom. The van der Waals surface area contributed by atoms with E-state index in [1.807, 2.05) is 18.7 Å². The predicted octanol–water partition coefficient (Wildman–Crippen LogP) is 2.47. The molecule has 8 heteroatoms. The number of aromatic nitrogens is 2. The van der Waals surface area contributed by atoms with Gasteiger partial charge in [-0.15, -0.1) is 0 Å².